The van der Waals surface area contributed by atoms with E-state index in [0.717, 1.165) is 24.2 Å². The number of aryl methyl sites for hydroxylation is 1. The maximum atomic E-state index is 11.1. The molecular weight excluding hydrogens is 242 g/mol. The molecule has 6 heteroatoms. The van der Waals surface area contributed by atoms with Crippen LogP contribution < -0.4 is 10.2 Å². The predicted octanol–water partition coefficient (Wildman–Crippen LogP) is 0.680. The maximum Gasteiger partial charge on any atom is 0.217 e. The van der Waals surface area contributed by atoms with E-state index in [-0.39, 0.29) is 11.9 Å². The number of nitrogens with one attached hydrogen (secondary N) is 1. The van der Waals surface area contributed by atoms with Crippen LogP contribution in [-0.2, 0) is 4.79 Å². The highest BCUT2D eigenvalue weighted by molar-refractivity contribution is 5.73. The van der Waals surface area contributed by atoms with Gasteiger partial charge in [0.05, 0.1) is 5.69 Å². The Labute approximate surface area is 112 Å². The molecule has 1 saturated heterocycles. The zero-order valence-corrected chi connectivity index (χ0v) is 11.4. The fourth-order valence-electron chi connectivity index (χ4n) is 2.31. The second-order valence-corrected chi connectivity index (χ2v) is 4.85. The molecule has 1 unspecified atom stereocenters. The van der Waals surface area contributed by atoms with Gasteiger partial charge in [-0.05, 0) is 25.8 Å². The molecule has 0 spiro atoms. The molecule has 1 aliphatic rings. The summed E-state index contributed by atoms with van der Waals surface area (Å²) in [4.78, 5) is 13.1. The van der Waals surface area contributed by atoms with E-state index in [1.807, 2.05) is 18.7 Å². The number of amides is 1. The standard InChI is InChI=1S/C13H17N5O/c1-8-9(2)16-17-13(12(8)6-14)18-5-4-11(7-18)15-10(3)19/h11H,4-5,7H2,1-3H3,(H,15,19). The van der Waals surface area contributed by atoms with Gasteiger partial charge in [0.1, 0.15) is 11.6 Å². The van der Waals surface area contributed by atoms with E-state index in [1.54, 1.807) is 0 Å². The third-order valence-electron chi connectivity index (χ3n) is 3.44. The van der Waals surface area contributed by atoms with Crippen molar-refractivity contribution < 1.29 is 4.79 Å². The summed E-state index contributed by atoms with van der Waals surface area (Å²) in [5, 5.41) is 20.4. The number of hydrogen-bond donors (Lipinski definition) is 1. The largest absolute Gasteiger partial charge is 0.352 e. The maximum absolute atomic E-state index is 11.1. The Morgan fingerprint density at radius 3 is 2.84 bits per heavy atom. The van der Waals surface area contributed by atoms with Crippen molar-refractivity contribution >= 4 is 11.7 Å². The molecule has 2 rings (SSSR count). The summed E-state index contributed by atoms with van der Waals surface area (Å²) < 4.78 is 0. The van der Waals surface area contributed by atoms with E-state index in [2.05, 4.69) is 21.6 Å². The average molecular weight is 259 g/mol. The number of aromatic nitrogens is 2. The first kappa shape index (κ1) is 13.3. The van der Waals surface area contributed by atoms with E-state index in [4.69, 9.17) is 0 Å². The number of hydrogen-bond acceptors (Lipinski definition) is 5. The highest BCUT2D eigenvalue weighted by Gasteiger charge is 2.27. The summed E-state index contributed by atoms with van der Waals surface area (Å²) in [5.74, 6) is 0.594. The molecule has 1 aliphatic heterocycles. The molecule has 1 N–H and O–H groups in total. The first-order valence-electron chi connectivity index (χ1n) is 6.29. The normalized spacial score (nSPS) is 18.2. The van der Waals surface area contributed by atoms with Crippen LogP contribution in [0, 0.1) is 25.2 Å². The van der Waals surface area contributed by atoms with Crippen LogP contribution >= 0.6 is 0 Å². The lowest BCUT2D eigenvalue weighted by atomic mass is 10.1. The molecule has 19 heavy (non-hydrogen) atoms. The monoisotopic (exact) mass is 259 g/mol. The molecular formula is C13H17N5O. The van der Waals surface area contributed by atoms with Crippen LogP contribution in [0.15, 0.2) is 0 Å². The number of carbonyl (C=O) groups is 1. The molecule has 0 saturated carbocycles. The predicted molar refractivity (Wildman–Crippen MR) is 70.7 cm³/mol. The van der Waals surface area contributed by atoms with Crippen molar-refractivity contribution in [3.63, 3.8) is 0 Å². The molecule has 1 amide bonds. The Kier molecular flexibility index (Phi) is 3.65. The molecule has 1 fully saturated rings. The average Bonchev–Trinajstić information content (AvgIpc) is 2.79. The summed E-state index contributed by atoms with van der Waals surface area (Å²) in [6.45, 7) is 6.69. The highest BCUT2D eigenvalue weighted by atomic mass is 16.1. The van der Waals surface area contributed by atoms with Crippen molar-refractivity contribution in [3.05, 3.63) is 16.8 Å². The van der Waals surface area contributed by atoms with Crippen molar-refractivity contribution in [2.45, 2.75) is 33.2 Å². The molecule has 6 nitrogen and oxygen atoms in total. The van der Waals surface area contributed by atoms with Gasteiger partial charge >= 0.3 is 0 Å². The molecule has 0 aromatic carbocycles. The Balaban J connectivity index is 2.23. The molecule has 100 valence electrons. The number of nitrogens with zero attached hydrogens (tertiary/aromatic N) is 4. The highest BCUT2D eigenvalue weighted by Crippen LogP contribution is 2.24. The Hall–Kier alpha value is -2.16. The summed E-state index contributed by atoms with van der Waals surface area (Å²) in [6, 6.07) is 2.32. The van der Waals surface area contributed by atoms with Crippen LogP contribution in [0.3, 0.4) is 0 Å². The van der Waals surface area contributed by atoms with Crippen LogP contribution in [0.25, 0.3) is 0 Å². The van der Waals surface area contributed by atoms with Crippen LogP contribution in [0.1, 0.15) is 30.2 Å². The third-order valence-corrected chi connectivity index (χ3v) is 3.44. The molecule has 0 radical (unpaired) electrons. The minimum atomic E-state index is -0.0291. The second kappa shape index (κ2) is 5.22. The lowest BCUT2D eigenvalue weighted by Crippen LogP contribution is -2.36. The summed E-state index contributed by atoms with van der Waals surface area (Å²) in [6.07, 6.45) is 0.860. The van der Waals surface area contributed by atoms with E-state index in [0.29, 0.717) is 17.9 Å². The minimum absolute atomic E-state index is 0.0291. The van der Waals surface area contributed by atoms with Crippen LogP contribution in [0.5, 0.6) is 0 Å². The second-order valence-electron chi connectivity index (χ2n) is 4.85. The van der Waals surface area contributed by atoms with Crippen LogP contribution in [0.2, 0.25) is 0 Å². The Bertz CT molecular complexity index is 549. The smallest absolute Gasteiger partial charge is 0.217 e. The van der Waals surface area contributed by atoms with Crippen LogP contribution in [0.4, 0.5) is 5.82 Å². The van der Waals surface area contributed by atoms with Crippen molar-refractivity contribution in [2.24, 2.45) is 0 Å². The van der Waals surface area contributed by atoms with Gasteiger partial charge < -0.3 is 10.2 Å². The third kappa shape index (κ3) is 2.65. The van der Waals surface area contributed by atoms with Gasteiger partial charge in [0, 0.05) is 26.1 Å². The van der Waals surface area contributed by atoms with Gasteiger partial charge in [0.15, 0.2) is 5.82 Å². The summed E-state index contributed by atoms with van der Waals surface area (Å²) in [7, 11) is 0. The van der Waals surface area contributed by atoms with Crippen molar-refractivity contribution in [2.75, 3.05) is 18.0 Å². The van der Waals surface area contributed by atoms with E-state index in [9.17, 15) is 10.1 Å². The lowest BCUT2D eigenvalue weighted by Gasteiger charge is -2.19. The zero-order valence-electron chi connectivity index (χ0n) is 11.4. The zero-order chi connectivity index (χ0) is 14.0. The van der Waals surface area contributed by atoms with Gasteiger partial charge in [-0.3, -0.25) is 4.79 Å². The molecule has 0 bridgehead atoms. The summed E-state index contributed by atoms with van der Waals surface area (Å²) in [5.41, 5.74) is 2.23. The lowest BCUT2D eigenvalue weighted by molar-refractivity contribution is -0.119. The van der Waals surface area contributed by atoms with E-state index in [1.165, 1.54) is 6.92 Å². The molecule has 0 aliphatic carbocycles. The molecule has 2 heterocycles. The first-order chi connectivity index (χ1) is 9.02. The molecule has 1 aromatic heterocycles. The van der Waals surface area contributed by atoms with Gasteiger partial charge in [-0.15, -0.1) is 5.10 Å². The van der Waals surface area contributed by atoms with Crippen molar-refractivity contribution in [1.29, 1.82) is 5.26 Å². The number of anilines is 1. The number of rotatable bonds is 2. The fourth-order valence-corrected chi connectivity index (χ4v) is 2.31. The number of carbonyl (C=O) groups excluding carboxylic acids is 1. The fraction of sp³-hybridized carbons (Fsp3) is 0.538. The number of nitriles is 1. The van der Waals surface area contributed by atoms with Crippen molar-refractivity contribution in [1.82, 2.24) is 15.5 Å². The van der Waals surface area contributed by atoms with Crippen molar-refractivity contribution in [3.8, 4) is 6.07 Å². The van der Waals surface area contributed by atoms with Gasteiger partial charge in [0.2, 0.25) is 5.91 Å². The first-order valence-corrected chi connectivity index (χ1v) is 6.29. The topological polar surface area (TPSA) is 81.9 Å². The van der Waals surface area contributed by atoms with Gasteiger partial charge in [-0.1, -0.05) is 0 Å². The van der Waals surface area contributed by atoms with Gasteiger partial charge in [-0.25, -0.2) is 0 Å². The van der Waals surface area contributed by atoms with E-state index < -0.39 is 0 Å². The van der Waals surface area contributed by atoms with E-state index >= 15 is 0 Å². The Morgan fingerprint density at radius 2 is 2.21 bits per heavy atom. The quantitative estimate of drug-likeness (QED) is 0.844. The van der Waals surface area contributed by atoms with Crippen LogP contribution in [-0.4, -0.2) is 35.2 Å². The summed E-state index contributed by atoms with van der Waals surface area (Å²) >= 11 is 0. The Morgan fingerprint density at radius 1 is 1.47 bits per heavy atom. The van der Waals surface area contributed by atoms with Gasteiger partial charge in [0.25, 0.3) is 0 Å². The van der Waals surface area contributed by atoms with Gasteiger partial charge in [-0.2, -0.15) is 10.4 Å². The SMILES string of the molecule is CC(=O)NC1CCN(c2nnc(C)c(C)c2C#N)C1. The molecule has 1 atom stereocenters. The minimum Gasteiger partial charge on any atom is -0.352 e. The molecule has 1 aromatic rings.